The van der Waals surface area contributed by atoms with Gasteiger partial charge in [-0.15, -0.1) is 11.8 Å². The molecule has 1 aliphatic rings. The molecule has 3 nitrogen and oxygen atoms in total. The van der Waals surface area contributed by atoms with Gasteiger partial charge in [0.25, 0.3) is 0 Å². The van der Waals surface area contributed by atoms with Crippen LogP contribution in [0.1, 0.15) is 22.1 Å². The number of rotatable bonds is 2. The van der Waals surface area contributed by atoms with Crippen LogP contribution in [0, 0.1) is 13.8 Å². The highest BCUT2D eigenvalue weighted by Crippen LogP contribution is 2.42. The van der Waals surface area contributed by atoms with Gasteiger partial charge in [-0.3, -0.25) is 9.69 Å². The lowest BCUT2D eigenvalue weighted by Gasteiger charge is -2.25. The fraction of sp³-hybridized carbons (Fsp3) is 0.235. The largest absolute Gasteiger partial charge is 0.399 e. The number of hydrogen-bond donors (Lipinski definition) is 1. The number of hydrogen-bond acceptors (Lipinski definition) is 3. The zero-order valence-electron chi connectivity index (χ0n) is 12.2. The van der Waals surface area contributed by atoms with Crippen molar-refractivity contribution in [3.8, 4) is 0 Å². The summed E-state index contributed by atoms with van der Waals surface area (Å²) < 4.78 is 0. The summed E-state index contributed by atoms with van der Waals surface area (Å²) in [5, 5.41) is 0.00288. The van der Waals surface area contributed by atoms with Gasteiger partial charge in [-0.05, 0) is 54.8 Å². The Morgan fingerprint density at radius 3 is 2.67 bits per heavy atom. The van der Waals surface area contributed by atoms with Crippen LogP contribution in [0.15, 0.2) is 42.5 Å². The molecule has 1 heterocycles. The minimum Gasteiger partial charge on any atom is -0.399 e. The second-order valence-electron chi connectivity index (χ2n) is 5.37. The molecule has 0 spiro atoms. The van der Waals surface area contributed by atoms with E-state index in [1.54, 1.807) is 11.8 Å². The molecule has 1 amide bonds. The predicted octanol–water partition coefficient (Wildman–Crippen LogP) is 3.66. The Kier molecular flexibility index (Phi) is 3.64. The summed E-state index contributed by atoms with van der Waals surface area (Å²) in [4.78, 5) is 14.2. The van der Waals surface area contributed by atoms with Crippen LogP contribution in [-0.2, 0) is 4.79 Å². The molecule has 1 atom stereocenters. The van der Waals surface area contributed by atoms with E-state index in [0.29, 0.717) is 5.75 Å². The fourth-order valence-electron chi connectivity index (χ4n) is 2.54. The van der Waals surface area contributed by atoms with Crippen molar-refractivity contribution in [2.24, 2.45) is 0 Å². The second-order valence-corrected chi connectivity index (χ2v) is 6.43. The SMILES string of the molecule is Cc1ccc(N2C(=O)CSC2c2cccc(N)c2)cc1C. The third-order valence-corrected chi connectivity index (χ3v) is 5.04. The zero-order chi connectivity index (χ0) is 15.0. The normalized spacial score (nSPS) is 18.3. The summed E-state index contributed by atoms with van der Waals surface area (Å²) in [5.41, 5.74) is 11.1. The summed E-state index contributed by atoms with van der Waals surface area (Å²) in [6, 6.07) is 13.9. The lowest BCUT2D eigenvalue weighted by molar-refractivity contribution is -0.115. The van der Waals surface area contributed by atoms with Crippen molar-refractivity contribution in [3.05, 3.63) is 59.2 Å². The number of aryl methyl sites for hydroxylation is 2. The van der Waals surface area contributed by atoms with Crippen molar-refractivity contribution in [2.75, 3.05) is 16.4 Å². The van der Waals surface area contributed by atoms with Gasteiger partial charge in [0, 0.05) is 11.4 Å². The van der Waals surface area contributed by atoms with Crippen molar-refractivity contribution >= 4 is 29.0 Å². The number of carbonyl (C=O) groups excluding carboxylic acids is 1. The maximum absolute atomic E-state index is 12.3. The Bertz CT molecular complexity index is 699. The van der Waals surface area contributed by atoms with E-state index in [9.17, 15) is 4.79 Å². The molecule has 0 bridgehead atoms. The number of nitrogens with two attached hydrogens (primary N) is 1. The van der Waals surface area contributed by atoms with E-state index < -0.39 is 0 Å². The van der Waals surface area contributed by atoms with Crippen molar-refractivity contribution in [2.45, 2.75) is 19.2 Å². The lowest BCUT2D eigenvalue weighted by Crippen LogP contribution is -2.27. The van der Waals surface area contributed by atoms with Crippen LogP contribution >= 0.6 is 11.8 Å². The molecule has 108 valence electrons. The van der Waals surface area contributed by atoms with Crippen LogP contribution in [0.2, 0.25) is 0 Å². The lowest BCUT2D eigenvalue weighted by atomic mass is 10.1. The van der Waals surface area contributed by atoms with E-state index in [2.05, 4.69) is 26.0 Å². The van der Waals surface area contributed by atoms with Gasteiger partial charge < -0.3 is 5.73 Å². The molecule has 0 aromatic heterocycles. The van der Waals surface area contributed by atoms with E-state index >= 15 is 0 Å². The second kappa shape index (κ2) is 5.45. The molecule has 1 saturated heterocycles. The first-order valence-electron chi connectivity index (χ1n) is 6.92. The Morgan fingerprint density at radius 2 is 1.95 bits per heavy atom. The van der Waals surface area contributed by atoms with E-state index in [1.165, 1.54) is 11.1 Å². The molecule has 1 aliphatic heterocycles. The molecule has 2 aromatic rings. The molecule has 1 fully saturated rings. The maximum Gasteiger partial charge on any atom is 0.238 e. The molecule has 0 aliphatic carbocycles. The molecule has 0 saturated carbocycles. The molecule has 2 aromatic carbocycles. The van der Waals surface area contributed by atoms with E-state index in [4.69, 9.17) is 5.73 Å². The monoisotopic (exact) mass is 298 g/mol. The summed E-state index contributed by atoms with van der Waals surface area (Å²) in [6.45, 7) is 4.15. The molecule has 3 rings (SSSR count). The molecule has 2 N–H and O–H groups in total. The van der Waals surface area contributed by atoms with Crippen LogP contribution in [-0.4, -0.2) is 11.7 Å². The van der Waals surface area contributed by atoms with Crippen LogP contribution < -0.4 is 10.6 Å². The highest BCUT2D eigenvalue weighted by atomic mass is 32.2. The smallest absolute Gasteiger partial charge is 0.238 e. The molecule has 4 heteroatoms. The quantitative estimate of drug-likeness (QED) is 0.861. The third kappa shape index (κ3) is 2.63. The van der Waals surface area contributed by atoms with Gasteiger partial charge in [0.1, 0.15) is 5.37 Å². The minimum absolute atomic E-state index is 0.00288. The van der Waals surface area contributed by atoms with Gasteiger partial charge in [-0.25, -0.2) is 0 Å². The first-order chi connectivity index (χ1) is 10.1. The van der Waals surface area contributed by atoms with Crippen LogP contribution in [0.5, 0.6) is 0 Å². The maximum atomic E-state index is 12.3. The number of amides is 1. The van der Waals surface area contributed by atoms with Gasteiger partial charge in [-0.2, -0.15) is 0 Å². The Hall–Kier alpha value is -1.94. The molecular formula is C17H18N2OS. The first-order valence-corrected chi connectivity index (χ1v) is 7.97. The number of carbonyl (C=O) groups is 1. The number of anilines is 2. The van der Waals surface area contributed by atoms with E-state index in [0.717, 1.165) is 16.9 Å². The van der Waals surface area contributed by atoms with Crippen LogP contribution in [0.4, 0.5) is 11.4 Å². The van der Waals surface area contributed by atoms with Crippen molar-refractivity contribution in [1.82, 2.24) is 0 Å². The van der Waals surface area contributed by atoms with Crippen molar-refractivity contribution in [3.63, 3.8) is 0 Å². The molecule has 1 unspecified atom stereocenters. The summed E-state index contributed by atoms with van der Waals surface area (Å²) >= 11 is 1.65. The van der Waals surface area contributed by atoms with E-state index in [-0.39, 0.29) is 11.3 Å². The summed E-state index contributed by atoms with van der Waals surface area (Å²) in [5.74, 6) is 0.655. The zero-order valence-corrected chi connectivity index (χ0v) is 13.0. The van der Waals surface area contributed by atoms with Crippen LogP contribution in [0.25, 0.3) is 0 Å². The third-order valence-electron chi connectivity index (χ3n) is 3.83. The van der Waals surface area contributed by atoms with Crippen molar-refractivity contribution in [1.29, 1.82) is 0 Å². The highest BCUT2D eigenvalue weighted by molar-refractivity contribution is 8.00. The number of benzene rings is 2. The Morgan fingerprint density at radius 1 is 1.14 bits per heavy atom. The topological polar surface area (TPSA) is 46.3 Å². The summed E-state index contributed by atoms with van der Waals surface area (Å²) in [6.07, 6.45) is 0. The predicted molar refractivity (Wildman–Crippen MR) is 89.5 cm³/mol. The Labute approximate surface area is 129 Å². The van der Waals surface area contributed by atoms with Crippen molar-refractivity contribution < 1.29 is 4.79 Å². The van der Waals surface area contributed by atoms with Gasteiger partial charge in [-0.1, -0.05) is 18.2 Å². The van der Waals surface area contributed by atoms with Gasteiger partial charge in [0.2, 0.25) is 5.91 Å². The fourth-order valence-corrected chi connectivity index (χ4v) is 3.70. The average molecular weight is 298 g/mol. The van der Waals surface area contributed by atoms with Crippen LogP contribution in [0.3, 0.4) is 0 Å². The molecular weight excluding hydrogens is 280 g/mol. The molecule has 21 heavy (non-hydrogen) atoms. The summed E-state index contributed by atoms with van der Waals surface area (Å²) in [7, 11) is 0. The first kappa shape index (κ1) is 14.0. The number of nitrogen functional groups attached to an aromatic ring is 1. The van der Waals surface area contributed by atoms with Gasteiger partial charge in [0.05, 0.1) is 5.75 Å². The standard InChI is InChI=1S/C17H18N2OS/c1-11-6-7-15(8-12(11)2)19-16(20)10-21-17(19)13-4-3-5-14(18)9-13/h3-9,17H,10,18H2,1-2H3. The van der Waals surface area contributed by atoms with Gasteiger partial charge in [0.15, 0.2) is 0 Å². The highest BCUT2D eigenvalue weighted by Gasteiger charge is 2.34. The minimum atomic E-state index is 0.00288. The average Bonchev–Trinajstić information content (AvgIpc) is 2.84. The number of thioether (sulfide) groups is 1. The van der Waals surface area contributed by atoms with E-state index in [1.807, 2.05) is 35.2 Å². The number of nitrogens with zero attached hydrogens (tertiary/aromatic N) is 1. The Balaban J connectivity index is 2.01. The molecule has 0 radical (unpaired) electrons. The van der Waals surface area contributed by atoms with Gasteiger partial charge >= 0.3 is 0 Å².